The van der Waals surface area contributed by atoms with Crippen LogP contribution in [0.15, 0.2) is 53.0 Å². The van der Waals surface area contributed by atoms with E-state index in [1.54, 1.807) is 24.7 Å². The van der Waals surface area contributed by atoms with Crippen LogP contribution in [0.2, 0.25) is 0 Å². The largest absolute Gasteiger partial charge is 0.272 e. The maximum atomic E-state index is 11.6. The highest BCUT2D eigenvalue weighted by Gasteiger charge is 2.02. The molecule has 102 valence electrons. The van der Waals surface area contributed by atoms with Crippen LogP contribution >= 0.6 is 11.8 Å². The molecule has 0 radical (unpaired) electrons. The van der Waals surface area contributed by atoms with Gasteiger partial charge in [-0.2, -0.15) is 5.10 Å². The maximum Gasteiger partial charge on any atom is 0.250 e. The maximum absolute atomic E-state index is 11.6. The third-order valence-corrected chi connectivity index (χ3v) is 3.23. The minimum atomic E-state index is -0.189. The van der Waals surface area contributed by atoms with Gasteiger partial charge in [-0.3, -0.25) is 4.79 Å². The molecule has 0 fully saturated rings. The Morgan fingerprint density at radius 1 is 1.30 bits per heavy atom. The molecule has 5 nitrogen and oxygen atoms in total. The fourth-order valence-electron chi connectivity index (χ4n) is 1.35. The number of nitrogens with one attached hydrogen (secondary N) is 1. The van der Waals surface area contributed by atoms with Crippen molar-refractivity contribution in [3.8, 4) is 0 Å². The zero-order chi connectivity index (χ0) is 14.2. The van der Waals surface area contributed by atoms with E-state index in [4.69, 9.17) is 0 Å². The first-order valence-corrected chi connectivity index (χ1v) is 7.01. The van der Waals surface area contributed by atoms with Crippen LogP contribution in [0.4, 0.5) is 0 Å². The van der Waals surface area contributed by atoms with Gasteiger partial charge < -0.3 is 0 Å². The lowest BCUT2D eigenvalue weighted by atomic mass is 10.2. The number of aryl methyl sites for hydroxylation is 1. The molecule has 0 saturated heterocycles. The number of carbonyl (C=O) groups is 1. The Labute approximate surface area is 121 Å². The van der Waals surface area contributed by atoms with Crippen LogP contribution in [0.1, 0.15) is 11.1 Å². The lowest BCUT2D eigenvalue weighted by molar-refractivity contribution is -0.118. The number of amides is 1. The number of thioether (sulfide) groups is 1. The van der Waals surface area contributed by atoms with Crippen molar-refractivity contribution in [3.05, 3.63) is 53.9 Å². The standard InChI is InChI=1S/C14H14N4OS/c1-11-3-5-12(6-4-11)9-17-18-13(19)10-20-14-15-7-2-8-16-14/h2-9H,10H2,1H3,(H,18,19). The van der Waals surface area contributed by atoms with Gasteiger partial charge in [-0.25, -0.2) is 15.4 Å². The summed E-state index contributed by atoms with van der Waals surface area (Å²) in [7, 11) is 0. The molecule has 0 aliphatic rings. The van der Waals surface area contributed by atoms with Crippen LogP contribution < -0.4 is 5.43 Å². The molecule has 0 atom stereocenters. The van der Waals surface area contributed by atoms with Crippen molar-refractivity contribution in [1.82, 2.24) is 15.4 Å². The molecule has 1 aromatic carbocycles. The van der Waals surface area contributed by atoms with Crippen LogP contribution in [-0.2, 0) is 4.79 Å². The predicted octanol–water partition coefficient (Wildman–Crippen LogP) is 2.03. The molecule has 6 heteroatoms. The van der Waals surface area contributed by atoms with E-state index in [1.807, 2.05) is 31.2 Å². The first kappa shape index (κ1) is 14.2. The van der Waals surface area contributed by atoms with Crippen molar-refractivity contribution >= 4 is 23.9 Å². The van der Waals surface area contributed by atoms with Gasteiger partial charge in [-0.05, 0) is 18.6 Å². The first-order valence-electron chi connectivity index (χ1n) is 6.02. The summed E-state index contributed by atoms with van der Waals surface area (Å²) in [5, 5.41) is 4.48. The fourth-order valence-corrected chi connectivity index (χ4v) is 1.95. The molecule has 2 aromatic rings. The minimum Gasteiger partial charge on any atom is -0.272 e. The predicted molar refractivity (Wildman–Crippen MR) is 79.7 cm³/mol. The molecule has 1 amide bonds. The molecule has 0 bridgehead atoms. The van der Waals surface area contributed by atoms with Gasteiger partial charge in [-0.15, -0.1) is 0 Å². The van der Waals surface area contributed by atoms with Crippen LogP contribution in [0.5, 0.6) is 0 Å². The second-order valence-corrected chi connectivity index (χ2v) is 4.97. The molecular weight excluding hydrogens is 272 g/mol. The molecule has 0 spiro atoms. The second-order valence-electron chi connectivity index (χ2n) is 4.02. The van der Waals surface area contributed by atoms with Crippen molar-refractivity contribution in [2.24, 2.45) is 5.10 Å². The van der Waals surface area contributed by atoms with E-state index in [-0.39, 0.29) is 11.7 Å². The quantitative estimate of drug-likeness (QED) is 0.395. The van der Waals surface area contributed by atoms with Crippen LogP contribution in [0, 0.1) is 6.92 Å². The zero-order valence-corrected chi connectivity index (χ0v) is 11.8. The van der Waals surface area contributed by atoms with Gasteiger partial charge in [-0.1, -0.05) is 41.6 Å². The van der Waals surface area contributed by atoms with Gasteiger partial charge in [0.25, 0.3) is 5.91 Å². The highest BCUT2D eigenvalue weighted by atomic mass is 32.2. The number of aromatic nitrogens is 2. The lowest BCUT2D eigenvalue weighted by Crippen LogP contribution is -2.19. The number of rotatable bonds is 5. The Kier molecular flexibility index (Phi) is 5.25. The average Bonchev–Trinajstić information content (AvgIpc) is 2.48. The van der Waals surface area contributed by atoms with Crippen molar-refractivity contribution < 1.29 is 4.79 Å². The van der Waals surface area contributed by atoms with Crippen LogP contribution in [0.25, 0.3) is 0 Å². The summed E-state index contributed by atoms with van der Waals surface area (Å²) in [6, 6.07) is 9.60. The van der Waals surface area contributed by atoms with E-state index in [1.165, 1.54) is 17.3 Å². The SMILES string of the molecule is Cc1ccc(C=NNC(=O)CSc2ncccn2)cc1. The van der Waals surface area contributed by atoms with Crippen molar-refractivity contribution in [3.63, 3.8) is 0 Å². The summed E-state index contributed by atoms with van der Waals surface area (Å²) in [6.45, 7) is 2.02. The molecule has 0 saturated carbocycles. The van der Waals surface area contributed by atoms with Crippen molar-refractivity contribution in [1.29, 1.82) is 0 Å². The van der Waals surface area contributed by atoms with E-state index in [2.05, 4.69) is 20.5 Å². The van der Waals surface area contributed by atoms with E-state index >= 15 is 0 Å². The highest BCUT2D eigenvalue weighted by Crippen LogP contribution is 2.09. The van der Waals surface area contributed by atoms with Crippen LogP contribution in [0.3, 0.4) is 0 Å². The Balaban J connectivity index is 1.76. The normalized spacial score (nSPS) is 10.7. The molecule has 20 heavy (non-hydrogen) atoms. The number of hydrogen-bond acceptors (Lipinski definition) is 5. The summed E-state index contributed by atoms with van der Waals surface area (Å²) < 4.78 is 0. The molecule has 0 unspecified atom stereocenters. The highest BCUT2D eigenvalue weighted by molar-refractivity contribution is 7.99. The van der Waals surface area contributed by atoms with Gasteiger partial charge in [0.1, 0.15) is 0 Å². The van der Waals surface area contributed by atoms with E-state index in [0.717, 1.165) is 5.56 Å². The molecule has 1 aromatic heterocycles. The summed E-state index contributed by atoms with van der Waals surface area (Å²) in [5.41, 5.74) is 4.60. The van der Waals surface area contributed by atoms with Gasteiger partial charge in [0.2, 0.25) is 0 Å². The first-order chi connectivity index (χ1) is 9.74. The summed E-state index contributed by atoms with van der Waals surface area (Å²) in [6.07, 6.45) is 4.90. The summed E-state index contributed by atoms with van der Waals surface area (Å²) >= 11 is 1.27. The van der Waals surface area contributed by atoms with Crippen molar-refractivity contribution in [2.75, 3.05) is 5.75 Å². The van der Waals surface area contributed by atoms with Crippen LogP contribution in [-0.4, -0.2) is 27.8 Å². The molecule has 1 heterocycles. The topological polar surface area (TPSA) is 67.2 Å². The fraction of sp³-hybridized carbons (Fsp3) is 0.143. The second kappa shape index (κ2) is 7.40. The monoisotopic (exact) mass is 286 g/mol. The average molecular weight is 286 g/mol. The molecule has 1 N–H and O–H groups in total. The Bertz CT molecular complexity index is 584. The lowest BCUT2D eigenvalue weighted by Gasteiger charge is -1.99. The smallest absolute Gasteiger partial charge is 0.250 e. The van der Waals surface area contributed by atoms with Gasteiger partial charge in [0.15, 0.2) is 5.16 Å². The van der Waals surface area contributed by atoms with Crippen molar-refractivity contribution in [2.45, 2.75) is 12.1 Å². The minimum absolute atomic E-state index is 0.189. The summed E-state index contributed by atoms with van der Waals surface area (Å²) in [4.78, 5) is 19.6. The Hall–Kier alpha value is -2.21. The van der Waals surface area contributed by atoms with E-state index < -0.39 is 0 Å². The van der Waals surface area contributed by atoms with Gasteiger partial charge >= 0.3 is 0 Å². The summed E-state index contributed by atoms with van der Waals surface area (Å²) in [5.74, 6) is 0.0423. The third-order valence-electron chi connectivity index (χ3n) is 2.35. The van der Waals surface area contributed by atoms with Gasteiger partial charge in [0.05, 0.1) is 12.0 Å². The Morgan fingerprint density at radius 2 is 2.00 bits per heavy atom. The van der Waals surface area contributed by atoms with E-state index in [9.17, 15) is 4.79 Å². The molecule has 0 aliphatic heterocycles. The molecule has 2 rings (SSSR count). The number of hydrazone groups is 1. The molecular formula is C14H14N4OS. The number of benzene rings is 1. The Morgan fingerprint density at radius 3 is 2.70 bits per heavy atom. The van der Waals surface area contributed by atoms with Gasteiger partial charge in [0, 0.05) is 12.4 Å². The zero-order valence-electron chi connectivity index (χ0n) is 11.0. The number of carbonyl (C=O) groups excluding carboxylic acids is 1. The third kappa shape index (κ3) is 4.81. The molecule has 0 aliphatic carbocycles. The van der Waals surface area contributed by atoms with E-state index in [0.29, 0.717) is 5.16 Å². The number of hydrogen-bond donors (Lipinski definition) is 1. The number of nitrogens with zero attached hydrogens (tertiary/aromatic N) is 3.